The van der Waals surface area contributed by atoms with Gasteiger partial charge in [0.15, 0.2) is 0 Å². The summed E-state index contributed by atoms with van der Waals surface area (Å²) in [7, 11) is 1.92. The van der Waals surface area contributed by atoms with Gasteiger partial charge in [0, 0.05) is 25.0 Å². The highest BCUT2D eigenvalue weighted by Crippen LogP contribution is 2.15. The molecule has 1 atom stereocenters. The fraction of sp³-hybridized carbons (Fsp3) is 0.267. The van der Waals surface area contributed by atoms with E-state index in [2.05, 4.69) is 24.5 Å². The number of rotatable bonds is 4. The van der Waals surface area contributed by atoms with Crippen molar-refractivity contribution in [2.75, 3.05) is 7.05 Å². The fourth-order valence-electron chi connectivity index (χ4n) is 1.95. The van der Waals surface area contributed by atoms with Crippen molar-refractivity contribution in [1.29, 1.82) is 5.26 Å². The maximum atomic E-state index is 13.2. The Bertz CT molecular complexity index is 610. The van der Waals surface area contributed by atoms with Gasteiger partial charge in [-0.15, -0.1) is 0 Å². The van der Waals surface area contributed by atoms with Crippen molar-refractivity contribution >= 4 is 0 Å². The van der Waals surface area contributed by atoms with Crippen molar-refractivity contribution in [3.8, 4) is 6.07 Å². The first-order chi connectivity index (χ1) is 9.13. The molecule has 0 saturated heterocycles. The van der Waals surface area contributed by atoms with Crippen LogP contribution in [-0.4, -0.2) is 11.6 Å². The molecule has 1 aromatic heterocycles. The molecule has 2 rings (SSSR count). The lowest BCUT2D eigenvalue weighted by molar-refractivity contribution is 0.622. The minimum Gasteiger partial charge on any atom is -0.350 e. The van der Waals surface area contributed by atoms with Gasteiger partial charge in [0.05, 0.1) is 5.56 Å². The van der Waals surface area contributed by atoms with Gasteiger partial charge in [-0.2, -0.15) is 5.26 Å². The highest BCUT2D eigenvalue weighted by molar-refractivity contribution is 5.34. The van der Waals surface area contributed by atoms with Gasteiger partial charge in [-0.25, -0.2) is 4.39 Å². The van der Waals surface area contributed by atoms with E-state index in [1.54, 1.807) is 12.1 Å². The molecule has 0 spiro atoms. The van der Waals surface area contributed by atoms with Gasteiger partial charge < -0.3 is 9.88 Å². The van der Waals surface area contributed by atoms with Crippen molar-refractivity contribution in [2.45, 2.75) is 19.5 Å². The quantitative estimate of drug-likeness (QED) is 0.915. The van der Waals surface area contributed by atoms with E-state index in [0.29, 0.717) is 12.6 Å². The first-order valence-electron chi connectivity index (χ1n) is 6.15. The molecule has 1 unspecified atom stereocenters. The summed E-state index contributed by atoms with van der Waals surface area (Å²) in [5.41, 5.74) is 2.20. The molecule has 3 nitrogen and oxygen atoms in total. The number of nitrogens with one attached hydrogen (secondary N) is 1. The second-order valence-electron chi connectivity index (χ2n) is 4.55. The number of nitrogens with zero attached hydrogens (tertiary/aromatic N) is 2. The molecule has 1 heterocycles. The minimum absolute atomic E-state index is 0.0912. The Kier molecular flexibility index (Phi) is 3.98. The third-order valence-corrected chi connectivity index (χ3v) is 3.22. The maximum Gasteiger partial charge on any atom is 0.140 e. The van der Waals surface area contributed by atoms with Crippen LogP contribution in [0.1, 0.15) is 29.7 Å². The van der Waals surface area contributed by atoms with E-state index >= 15 is 0 Å². The number of hydrogen-bond acceptors (Lipinski definition) is 2. The van der Waals surface area contributed by atoms with Crippen LogP contribution in [0.15, 0.2) is 36.7 Å². The van der Waals surface area contributed by atoms with E-state index in [4.69, 9.17) is 5.26 Å². The predicted molar refractivity (Wildman–Crippen MR) is 72.1 cm³/mol. The molecule has 98 valence electrons. The Balaban J connectivity index is 2.17. The molecular formula is C15H16FN3. The zero-order valence-corrected chi connectivity index (χ0v) is 11.0. The molecular weight excluding hydrogens is 241 g/mol. The first-order valence-corrected chi connectivity index (χ1v) is 6.15. The third kappa shape index (κ3) is 3.01. The summed E-state index contributed by atoms with van der Waals surface area (Å²) >= 11 is 0. The van der Waals surface area contributed by atoms with Gasteiger partial charge in [0.1, 0.15) is 11.9 Å². The fourth-order valence-corrected chi connectivity index (χ4v) is 1.95. The maximum absolute atomic E-state index is 13.2. The summed E-state index contributed by atoms with van der Waals surface area (Å²) in [6, 6.07) is 8.85. The van der Waals surface area contributed by atoms with E-state index < -0.39 is 5.82 Å². The third-order valence-electron chi connectivity index (χ3n) is 3.22. The molecule has 0 fully saturated rings. The lowest BCUT2D eigenvalue weighted by Gasteiger charge is -2.07. The Labute approximate surface area is 112 Å². The number of hydrogen-bond donors (Lipinski definition) is 1. The number of aromatic nitrogens is 1. The van der Waals surface area contributed by atoms with Crippen LogP contribution in [0.5, 0.6) is 0 Å². The molecule has 19 heavy (non-hydrogen) atoms. The Morgan fingerprint density at radius 2 is 2.21 bits per heavy atom. The lowest BCUT2D eigenvalue weighted by Crippen LogP contribution is -2.11. The Morgan fingerprint density at radius 3 is 2.89 bits per heavy atom. The van der Waals surface area contributed by atoms with Gasteiger partial charge in [-0.05, 0) is 43.3 Å². The smallest absolute Gasteiger partial charge is 0.140 e. The van der Waals surface area contributed by atoms with Crippen LogP contribution in [-0.2, 0) is 6.54 Å². The molecule has 0 radical (unpaired) electrons. The number of nitriles is 1. The molecule has 0 aliphatic carbocycles. The Morgan fingerprint density at radius 1 is 1.42 bits per heavy atom. The van der Waals surface area contributed by atoms with Crippen molar-refractivity contribution in [3.63, 3.8) is 0 Å². The highest BCUT2D eigenvalue weighted by atomic mass is 19.1. The standard InChI is InChI=1S/C15H16FN3/c1-11(18-2)13-5-6-19(10-13)9-12-3-4-15(16)14(7-12)8-17/h3-7,10-11,18H,9H2,1-2H3. The normalized spacial score (nSPS) is 12.1. The first kappa shape index (κ1) is 13.3. The molecule has 4 heteroatoms. The van der Waals surface area contributed by atoms with Crippen molar-refractivity contribution in [2.24, 2.45) is 0 Å². The topological polar surface area (TPSA) is 40.8 Å². The molecule has 1 aromatic carbocycles. The summed E-state index contributed by atoms with van der Waals surface area (Å²) < 4.78 is 15.3. The average Bonchev–Trinajstić information content (AvgIpc) is 2.88. The molecule has 0 bridgehead atoms. The van der Waals surface area contributed by atoms with Crippen LogP contribution < -0.4 is 5.32 Å². The zero-order valence-electron chi connectivity index (χ0n) is 11.0. The van der Waals surface area contributed by atoms with E-state index in [9.17, 15) is 4.39 Å². The lowest BCUT2D eigenvalue weighted by atomic mass is 10.1. The van der Waals surface area contributed by atoms with Crippen LogP contribution in [0.4, 0.5) is 4.39 Å². The molecule has 1 N–H and O–H groups in total. The van der Waals surface area contributed by atoms with Crippen LogP contribution in [0.3, 0.4) is 0 Å². The van der Waals surface area contributed by atoms with Crippen LogP contribution >= 0.6 is 0 Å². The summed E-state index contributed by atoms with van der Waals surface area (Å²) in [5, 5.41) is 12.0. The number of benzene rings is 1. The molecule has 0 amide bonds. The Hall–Kier alpha value is -2.12. The monoisotopic (exact) mass is 257 g/mol. The van der Waals surface area contributed by atoms with E-state index in [0.717, 1.165) is 5.56 Å². The number of halogens is 1. The molecule has 0 saturated carbocycles. The van der Waals surface area contributed by atoms with Crippen molar-refractivity contribution in [1.82, 2.24) is 9.88 Å². The van der Waals surface area contributed by atoms with Gasteiger partial charge in [-0.1, -0.05) is 6.07 Å². The van der Waals surface area contributed by atoms with Gasteiger partial charge in [-0.3, -0.25) is 0 Å². The van der Waals surface area contributed by atoms with E-state index in [1.165, 1.54) is 11.6 Å². The summed E-state index contributed by atoms with van der Waals surface area (Å²) in [6.07, 6.45) is 4.04. The second-order valence-corrected chi connectivity index (χ2v) is 4.55. The van der Waals surface area contributed by atoms with Crippen molar-refractivity contribution in [3.05, 3.63) is 59.2 Å². The molecule has 0 aliphatic rings. The highest BCUT2D eigenvalue weighted by Gasteiger charge is 2.06. The van der Waals surface area contributed by atoms with Gasteiger partial charge in [0.25, 0.3) is 0 Å². The predicted octanol–water partition coefficient (Wildman–Crippen LogP) is 2.83. The minimum atomic E-state index is -0.469. The molecule has 2 aromatic rings. The zero-order chi connectivity index (χ0) is 13.8. The van der Waals surface area contributed by atoms with Crippen LogP contribution in [0, 0.1) is 17.1 Å². The van der Waals surface area contributed by atoms with E-state index in [1.807, 2.05) is 23.9 Å². The summed E-state index contributed by atoms with van der Waals surface area (Å²) in [4.78, 5) is 0. The van der Waals surface area contributed by atoms with E-state index in [-0.39, 0.29) is 5.56 Å². The SMILES string of the molecule is CNC(C)c1ccn(Cc2ccc(F)c(C#N)c2)c1. The average molecular weight is 257 g/mol. The largest absolute Gasteiger partial charge is 0.350 e. The summed E-state index contributed by atoms with van der Waals surface area (Å²) in [5.74, 6) is -0.469. The summed E-state index contributed by atoms with van der Waals surface area (Å²) in [6.45, 7) is 2.72. The van der Waals surface area contributed by atoms with Gasteiger partial charge >= 0.3 is 0 Å². The van der Waals surface area contributed by atoms with Crippen LogP contribution in [0.2, 0.25) is 0 Å². The van der Waals surface area contributed by atoms with Crippen molar-refractivity contribution < 1.29 is 4.39 Å². The molecule has 0 aliphatic heterocycles. The van der Waals surface area contributed by atoms with Crippen LogP contribution in [0.25, 0.3) is 0 Å². The van der Waals surface area contributed by atoms with Gasteiger partial charge in [0.2, 0.25) is 0 Å². The second kappa shape index (κ2) is 5.68.